The number of phenols is 3. The van der Waals surface area contributed by atoms with Crippen LogP contribution in [0.25, 0.3) is 10.8 Å². The third-order valence-electron chi connectivity index (χ3n) is 8.34. The summed E-state index contributed by atoms with van der Waals surface area (Å²) in [7, 11) is 0. The summed E-state index contributed by atoms with van der Waals surface area (Å²) in [4.78, 5) is 13.4. The Kier molecular flexibility index (Phi) is 14.5. The summed E-state index contributed by atoms with van der Waals surface area (Å²) >= 11 is 0. The van der Waals surface area contributed by atoms with Crippen LogP contribution in [0.2, 0.25) is 0 Å². The molecule has 0 aliphatic heterocycles. The molecule has 0 saturated carbocycles. The Balaban J connectivity index is 1.63. The first-order valence-electron chi connectivity index (χ1n) is 16.5. The lowest BCUT2D eigenvalue weighted by Crippen LogP contribution is -2.11. The number of fused-ring (bicyclic) bond motifs is 1. The summed E-state index contributed by atoms with van der Waals surface area (Å²) in [6.07, 6.45) is 20.4. The maximum atomic E-state index is 13.4. The highest BCUT2D eigenvalue weighted by Crippen LogP contribution is 2.42. The van der Waals surface area contributed by atoms with Gasteiger partial charge in [0.05, 0.1) is 0 Å². The molecule has 5 nitrogen and oxygen atoms in total. The van der Waals surface area contributed by atoms with E-state index in [2.05, 4.69) is 13.8 Å². The Morgan fingerprint density at radius 1 is 0.571 bits per heavy atom. The highest BCUT2D eigenvalue weighted by molar-refractivity contribution is 6.10. The van der Waals surface area contributed by atoms with E-state index in [0.717, 1.165) is 43.1 Å². The first-order valence-corrected chi connectivity index (χ1v) is 16.5. The highest BCUT2D eigenvalue weighted by Gasteiger charge is 2.25. The fraction of sp³-hybridized carbons (Fsp3) is 0.541. The molecule has 3 N–H and O–H groups in total. The van der Waals surface area contributed by atoms with Crippen LogP contribution in [-0.4, -0.2) is 21.3 Å². The lowest BCUT2D eigenvalue weighted by atomic mass is 9.94. The standard InChI is InChI=1S/C37H52O5/c1-3-5-7-9-11-12-13-14-15-17-22-28-23-21-27-32(34(28)38)42-37(41)33-30-25-20-19-24-29(30)31(35(39)36(33)40)26-18-16-10-8-6-4-2/h19-21,23-25,27,38-40H,3-18,22,26H2,1-2H3. The highest BCUT2D eigenvalue weighted by atomic mass is 16.5. The fourth-order valence-electron chi connectivity index (χ4n) is 5.83. The average molecular weight is 577 g/mol. The van der Waals surface area contributed by atoms with Crippen LogP contribution in [0.4, 0.5) is 0 Å². The number of carbonyl (C=O) groups excluding carboxylic acids is 1. The number of esters is 1. The summed E-state index contributed by atoms with van der Waals surface area (Å²) in [5.74, 6) is -1.54. The van der Waals surface area contributed by atoms with Gasteiger partial charge < -0.3 is 20.1 Å². The van der Waals surface area contributed by atoms with Crippen molar-refractivity contribution in [3.63, 3.8) is 0 Å². The van der Waals surface area contributed by atoms with Crippen molar-refractivity contribution in [3.05, 3.63) is 59.2 Å². The molecule has 0 saturated heterocycles. The predicted octanol–water partition coefficient (Wildman–Crippen LogP) is 10.5. The SMILES string of the molecule is CCCCCCCCCCCCc1cccc(OC(=O)c2c(O)c(O)c(CCCCCCCC)c3ccccc23)c1O. The van der Waals surface area contributed by atoms with Crippen molar-refractivity contribution in [1.82, 2.24) is 0 Å². The van der Waals surface area contributed by atoms with Gasteiger partial charge in [0.1, 0.15) is 5.56 Å². The second-order valence-electron chi connectivity index (χ2n) is 11.7. The Bertz CT molecular complexity index is 1250. The molecule has 0 heterocycles. The zero-order valence-corrected chi connectivity index (χ0v) is 25.9. The number of rotatable bonds is 20. The Hall–Kier alpha value is -3.21. The minimum Gasteiger partial charge on any atom is -0.504 e. The summed E-state index contributed by atoms with van der Waals surface area (Å²) in [6, 6.07) is 12.5. The molecular formula is C37H52O5. The van der Waals surface area contributed by atoms with Crippen molar-refractivity contribution in [2.75, 3.05) is 0 Å². The van der Waals surface area contributed by atoms with Crippen LogP contribution in [0.1, 0.15) is 138 Å². The van der Waals surface area contributed by atoms with Gasteiger partial charge in [-0.25, -0.2) is 4.79 Å². The molecule has 0 bridgehead atoms. The Labute approximate surface area is 252 Å². The Morgan fingerprint density at radius 3 is 1.69 bits per heavy atom. The maximum absolute atomic E-state index is 13.4. The van der Waals surface area contributed by atoms with E-state index in [1.807, 2.05) is 18.2 Å². The van der Waals surface area contributed by atoms with Gasteiger partial charge in [0.25, 0.3) is 0 Å². The number of aromatic hydroxyl groups is 3. The number of hydrogen-bond acceptors (Lipinski definition) is 5. The summed E-state index contributed by atoms with van der Waals surface area (Å²) in [5, 5.41) is 34.1. The number of unbranched alkanes of at least 4 members (excludes halogenated alkanes) is 14. The second kappa shape index (κ2) is 18.4. The van der Waals surface area contributed by atoms with Crippen molar-refractivity contribution in [1.29, 1.82) is 0 Å². The van der Waals surface area contributed by atoms with E-state index in [-0.39, 0.29) is 22.8 Å². The normalized spacial score (nSPS) is 11.3. The molecule has 0 amide bonds. The van der Waals surface area contributed by atoms with E-state index < -0.39 is 11.7 Å². The molecule has 230 valence electrons. The van der Waals surface area contributed by atoms with Crippen LogP contribution in [0, 0.1) is 0 Å². The molecule has 3 rings (SSSR count). The minimum atomic E-state index is -0.809. The number of phenolic OH excluding ortho intramolecular Hbond substituents is 3. The van der Waals surface area contributed by atoms with Gasteiger partial charge in [-0.2, -0.15) is 0 Å². The van der Waals surface area contributed by atoms with Crippen molar-refractivity contribution in [2.24, 2.45) is 0 Å². The van der Waals surface area contributed by atoms with Crippen LogP contribution in [0.15, 0.2) is 42.5 Å². The van der Waals surface area contributed by atoms with Gasteiger partial charge in [0.15, 0.2) is 23.0 Å². The molecule has 3 aromatic rings. The quantitative estimate of drug-likeness (QED) is 0.0539. The molecule has 0 spiro atoms. The number of hydrogen-bond donors (Lipinski definition) is 3. The van der Waals surface area contributed by atoms with Crippen molar-refractivity contribution in [2.45, 2.75) is 129 Å². The molecule has 0 fully saturated rings. The first-order chi connectivity index (χ1) is 20.5. The largest absolute Gasteiger partial charge is 0.504 e. The minimum absolute atomic E-state index is 0.0468. The second-order valence-corrected chi connectivity index (χ2v) is 11.7. The zero-order chi connectivity index (χ0) is 30.2. The number of carbonyl (C=O) groups is 1. The first kappa shape index (κ1) is 33.3. The van der Waals surface area contributed by atoms with Crippen LogP contribution < -0.4 is 4.74 Å². The van der Waals surface area contributed by atoms with E-state index in [1.54, 1.807) is 24.3 Å². The van der Waals surface area contributed by atoms with Crippen LogP contribution >= 0.6 is 0 Å². The van der Waals surface area contributed by atoms with Crippen molar-refractivity contribution in [3.8, 4) is 23.0 Å². The van der Waals surface area contributed by atoms with Crippen molar-refractivity contribution >= 4 is 16.7 Å². The lowest BCUT2D eigenvalue weighted by Gasteiger charge is -2.16. The fourth-order valence-corrected chi connectivity index (χ4v) is 5.83. The summed E-state index contributed by atoms with van der Waals surface area (Å²) in [5.41, 5.74) is 1.30. The van der Waals surface area contributed by atoms with Gasteiger partial charge in [0.2, 0.25) is 0 Å². The van der Waals surface area contributed by atoms with E-state index in [0.29, 0.717) is 23.8 Å². The van der Waals surface area contributed by atoms with E-state index >= 15 is 0 Å². The third-order valence-corrected chi connectivity index (χ3v) is 8.34. The van der Waals surface area contributed by atoms with Gasteiger partial charge >= 0.3 is 5.97 Å². The third kappa shape index (κ3) is 9.68. The van der Waals surface area contributed by atoms with E-state index in [9.17, 15) is 20.1 Å². The van der Waals surface area contributed by atoms with E-state index in [1.165, 1.54) is 70.6 Å². The molecule has 3 aromatic carbocycles. The topological polar surface area (TPSA) is 87.0 Å². The van der Waals surface area contributed by atoms with Gasteiger partial charge in [-0.3, -0.25) is 0 Å². The number of ether oxygens (including phenoxy) is 1. The smallest absolute Gasteiger partial charge is 0.348 e. The van der Waals surface area contributed by atoms with Gasteiger partial charge in [-0.05, 0) is 42.7 Å². The lowest BCUT2D eigenvalue weighted by molar-refractivity contribution is 0.0728. The number of para-hydroxylation sites is 1. The molecule has 5 heteroatoms. The molecule has 0 aliphatic rings. The molecule has 0 aromatic heterocycles. The Morgan fingerprint density at radius 2 is 1.10 bits per heavy atom. The number of aryl methyl sites for hydroxylation is 2. The van der Waals surface area contributed by atoms with Crippen molar-refractivity contribution < 1.29 is 24.9 Å². The van der Waals surface area contributed by atoms with E-state index in [4.69, 9.17) is 4.74 Å². The summed E-state index contributed by atoms with van der Waals surface area (Å²) < 4.78 is 5.63. The molecule has 0 atom stereocenters. The summed E-state index contributed by atoms with van der Waals surface area (Å²) in [6.45, 7) is 4.43. The average Bonchev–Trinajstić information content (AvgIpc) is 2.99. The van der Waals surface area contributed by atoms with Gasteiger partial charge in [0, 0.05) is 10.9 Å². The van der Waals surface area contributed by atoms with Gasteiger partial charge in [-0.1, -0.05) is 140 Å². The molecule has 0 unspecified atom stereocenters. The van der Waals surface area contributed by atoms with Crippen LogP contribution in [0.3, 0.4) is 0 Å². The predicted molar refractivity (Wildman–Crippen MR) is 173 cm³/mol. The molecular weight excluding hydrogens is 524 g/mol. The molecule has 0 radical (unpaired) electrons. The monoisotopic (exact) mass is 576 g/mol. The van der Waals surface area contributed by atoms with Crippen LogP contribution in [-0.2, 0) is 12.8 Å². The zero-order valence-electron chi connectivity index (χ0n) is 25.9. The van der Waals surface area contributed by atoms with Gasteiger partial charge in [-0.15, -0.1) is 0 Å². The molecule has 0 aliphatic carbocycles. The molecule has 42 heavy (non-hydrogen) atoms. The number of benzene rings is 3. The van der Waals surface area contributed by atoms with Crippen LogP contribution in [0.5, 0.6) is 23.0 Å². The maximum Gasteiger partial charge on any atom is 0.348 e.